The topological polar surface area (TPSA) is 80.3 Å². The zero-order valence-electron chi connectivity index (χ0n) is 25.0. The fourth-order valence-corrected chi connectivity index (χ4v) is 6.85. The molecule has 9 rings (SSSR count). The van der Waals surface area contributed by atoms with Gasteiger partial charge >= 0.3 is 0 Å². The second kappa shape index (κ2) is 10.7. The third kappa shape index (κ3) is 4.26. The van der Waals surface area contributed by atoms with Gasteiger partial charge in [-0.2, -0.15) is 5.26 Å². The monoisotopic (exact) mass is 600 g/mol. The van der Waals surface area contributed by atoms with E-state index >= 15 is 0 Å². The molecule has 0 radical (unpaired) electrons. The number of pyridine rings is 4. The number of nitrogens with zero attached hydrogens (tertiary/aromatic N) is 6. The van der Waals surface area contributed by atoms with Gasteiger partial charge in [0.2, 0.25) is 0 Å². The van der Waals surface area contributed by atoms with Crippen LogP contribution in [0.15, 0.2) is 146 Å². The van der Waals surface area contributed by atoms with E-state index in [1.54, 1.807) is 24.8 Å². The van der Waals surface area contributed by atoms with Gasteiger partial charge in [0, 0.05) is 52.0 Å². The molecule has 5 heterocycles. The van der Waals surface area contributed by atoms with E-state index in [2.05, 4.69) is 103 Å². The molecule has 0 N–H and O–H groups in total. The maximum absolute atomic E-state index is 10.3. The summed E-state index contributed by atoms with van der Waals surface area (Å²) in [5, 5.41) is 14.6. The van der Waals surface area contributed by atoms with Crippen molar-refractivity contribution in [3.63, 3.8) is 0 Å². The van der Waals surface area contributed by atoms with E-state index < -0.39 is 0 Å². The first-order chi connectivity index (χ1) is 23.3. The molecule has 47 heavy (non-hydrogen) atoms. The van der Waals surface area contributed by atoms with Crippen molar-refractivity contribution in [2.45, 2.75) is 0 Å². The summed E-state index contributed by atoms with van der Waals surface area (Å²) in [7, 11) is 0. The Morgan fingerprint density at radius 1 is 0.468 bits per heavy atom. The van der Waals surface area contributed by atoms with Gasteiger partial charge in [0.25, 0.3) is 0 Å². The van der Waals surface area contributed by atoms with E-state index in [9.17, 15) is 5.26 Å². The molecule has 0 aliphatic heterocycles. The van der Waals surface area contributed by atoms with Crippen LogP contribution in [0.5, 0.6) is 0 Å². The van der Waals surface area contributed by atoms with E-state index in [0.717, 1.165) is 60.9 Å². The molecule has 0 fully saturated rings. The first-order valence-corrected chi connectivity index (χ1v) is 15.4. The fraction of sp³-hybridized carbons (Fsp3) is 0. The van der Waals surface area contributed by atoms with Gasteiger partial charge < -0.3 is 4.57 Å². The average molecular weight is 601 g/mol. The van der Waals surface area contributed by atoms with Crippen LogP contribution in [0.2, 0.25) is 0 Å². The molecule has 0 saturated carbocycles. The minimum absolute atomic E-state index is 0.559. The fourth-order valence-electron chi connectivity index (χ4n) is 6.85. The maximum atomic E-state index is 10.3. The van der Waals surface area contributed by atoms with Gasteiger partial charge in [0.15, 0.2) is 11.3 Å². The summed E-state index contributed by atoms with van der Waals surface area (Å²) >= 11 is 0. The van der Waals surface area contributed by atoms with Gasteiger partial charge in [-0.25, -0.2) is 19.9 Å². The summed E-state index contributed by atoms with van der Waals surface area (Å²) in [5.74, 6) is 0. The molecule has 0 bridgehead atoms. The van der Waals surface area contributed by atoms with Crippen LogP contribution in [0.4, 0.5) is 0 Å². The Labute approximate surface area is 269 Å². The number of rotatable bonds is 4. The van der Waals surface area contributed by atoms with Crippen LogP contribution in [0, 0.1) is 11.3 Å². The molecule has 0 spiro atoms. The Morgan fingerprint density at radius 3 is 1.49 bits per heavy atom. The zero-order chi connectivity index (χ0) is 31.3. The van der Waals surface area contributed by atoms with Gasteiger partial charge in [-0.05, 0) is 106 Å². The summed E-state index contributed by atoms with van der Waals surface area (Å²) in [4.78, 5) is 18.1. The molecular weight excluding hydrogens is 576 g/mol. The molecule has 0 aliphatic rings. The largest absolute Gasteiger partial charge is 0.309 e. The number of hydrogen-bond donors (Lipinski definition) is 0. The second-order valence-corrected chi connectivity index (χ2v) is 11.4. The first-order valence-electron chi connectivity index (χ1n) is 15.4. The summed E-state index contributed by atoms with van der Waals surface area (Å²) in [5.41, 5.74) is 11.1. The number of hydrogen-bond acceptors (Lipinski definition) is 5. The van der Waals surface area contributed by atoms with Crippen molar-refractivity contribution in [3.8, 4) is 45.1 Å². The highest BCUT2D eigenvalue weighted by Gasteiger charge is 2.20. The predicted molar refractivity (Wildman–Crippen MR) is 188 cm³/mol. The van der Waals surface area contributed by atoms with Crippen molar-refractivity contribution in [2.24, 2.45) is 0 Å². The molecule has 218 valence electrons. The normalized spacial score (nSPS) is 11.4. The van der Waals surface area contributed by atoms with Crippen molar-refractivity contribution >= 4 is 43.9 Å². The Balaban J connectivity index is 1.34. The average Bonchev–Trinajstić information content (AvgIpc) is 3.48. The SMILES string of the molecule is N#Cc1cc(-c2ccnc3ncccc23)c(-c2ccc(-n3c4ccccc4c4ccccc43)cc2)c(-c2ccnc3ncccc23)c1. The third-order valence-electron chi connectivity index (χ3n) is 8.87. The van der Waals surface area contributed by atoms with Gasteiger partial charge in [-0.3, -0.25) is 0 Å². The quantitative estimate of drug-likeness (QED) is 0.201. The number of nitriles is 1. The number of benzene rings is 4. The maximum Gasteiger partial charge on any atom is 0.159 e. The van der Waals surface area contributed by atoms with E-state index in [4.69, 9.17) is 0 Å². The molecule has 5 aromatic heterocycles. The van der Waals surface area contributed by atoms with Gasteiger partial charge in [0.05, 0.1) is 22.7 Å². The molecule has 0 aliphatic carbocycles. The lowest BCUT2D eigenvalue weighted by Crippen LogP contribution is -1.97. The molecule has 0 atom stereocenters. The molecule has 0 unspecified atom stereocenters. The summed E-state index contributed by atoms with van der Waals surface area (Å²) in [6, 6.07) is 44.1. The van der Waals surface area contributed by atoms with Crippen molar-refractivity contribution in [1.29, 1.82) is 5.26 Å². The standard InChI is InChI=1S/C41H24N6/c42-25-26-23-35(29-17-21-45-40-33(29)9-5-19-43-40)39(36(24-26)30-18-22-46-41-34(30)10-6-20-44-41)27-13-15-28(16-14-27)47-37-11-3-1-7-31(37)32-8-2-4-12-38(32)47/h1-24H. The van der Waals surface area contributed by atoms with E-state index in [0.29, 0.717) is 16.9 Å². The minimum atomic E-state index is 0.559. The first kappa shape index (κ1) is 26.7. The van der Waals surface area contributed by atoms with Crippen LogP contribution in [0.1, 0.15) is 5.56 Å². The summed E-state index contributed by atoms with van der Waals surface area (Å²) in [6.07, 6.45) is 7.07. The van der Waals surface area contributed by atoms with Crippen molar-refractivity contribution in [1.82, 2.24) is 24.5 Å². The number of fused-ring (bicyclic) bond motifs is 5. The van der Waals surface area contributed by atoms with Crippen molar-refractivity contribution in [2.75, 3.05) is 0 Å². The van der Waals surface area contributed by atoms with E-state index in [-0.39, 0.29) is 0 Å². The lowest BCUT2D eigenvalue weighted by atomic mass is 9.85. The van der Waals surface area contributed by atoms with Gasteiger partial charge in [0.1, 0.15) is 0 Å². The molecule has 9 aromatic rings. The minimum Gasteiger partial charge on any atom is -0.309 e. The molecular formula is C41H24N6. The molecule has 0 amide bonds. The molecule has 6 nitrogen and oxygen atoms in total. The second-order valence-electron chi connectivity index (χ2n) is 11.4. The highest BCUT2D eigenvalue weighted by Crippen LogP contribution is 2.44. The Kier molecular flexibility index (Phi) is 6.09. The third-order valence-corrected chi connectivity index (χ3v) is 8.87. The number of aromatic nitrogens is 5. The smallest absolute Gasteiger partial charge is 0.159 e. The lowest BCUT2D eigenvalue weighted by Gasteiger charge is -2.19. The van der Waals surface area contributed by atoms with Crippen LogP contribution < -0.4 is 0 Å². The zero-order valence-corrected chi connectivity index (χ0v) is 25.0. The summed E-state index contributed by atoms with van der Waals surface area (Å²) in [6.45, 7) is 0. The van der Waals surface area contributed by atoms with Crippen molar-refractivity contribution in [3.05, 3.63) is 152 Å². The van der Waals surface area contributed by atoms with Crippen LogP contribution in [-0.2, 0) is 0 Å². The van der Waals surface area contributed by atoms with Crippen LogP contribution in [0.25, 0.3) is 82.9 Å². The Morgan fingerprint density at radius 2 is 0.957 bits per heavy atom. The van der Waals surface area contributed by atoms with Crippen LogP contribution in [-0.4, -0.2) is 24.5 Å². The van der Waals surface area contributed by atoms with E-state index in [1.165, 1.54) is 10.8 Å². The van der Waals surface area contributed by atoms with E-state index in [1.807, 2.05) is 48.5 Å². The van der Waals surface area contributed by atoms with Gasteiger partial charge in [-0.1, -0.05) is 48.5 Å². The highest BCUT2D eigenvalue weighted by molar-refractivity contribution is 6.09. The van der Waals surface area contributed by atoms with Crippen molar-refractivity contribution < 1.29 is 0 Å². The summed E-state index contributed by atoms with van der Waals surface area (Å²) < 4.78 is 2.32. The highest BCUT2D eigenvalue weighted by atomic mass is 15.0. The molecule has 4 aromatic carbocycles. The van der Waals surface area contributed by atoms with Crippen LogP contribution >= 0.6 is 0 Å². The van der Waals surface area contributed by atoms with Gasteiger partial charge in [-0.15, -0.1) is 0 Å². The molecule has 0 saturated heterocycles. The Hall–Kier alpha value is -6.71. The number of para-hydroxylation sites is 2. The Bertz CT molecular complexity index is 2540. The van der Waals surface area contributed by atoms with Crippen LogP contribution in [0.3, 0.4) is 0 Å². The molecule has 6 heteroatoms. The predicted octanol–water partition coefficient (Wildman–Crippen LogP) is 9.54. The lowest BCUT2D eigenvalue weighted by molar-refractivity contribution is 1.18.